The van der Waals surface area contributed by atoms with Crippen molar-refractivity contribution in [2.45, 2.75) is 47.0 Å². The van der Waals surface area contributed by atoms with Gasteiger partial charge in [-0.15, -0.1) is 0 Å². The molecule has 2 heterocycles. The fourth-order valence-corrected chi connectivity index (χ4v) is 3.40. The molecule has 0 aliphatic carbocycles. The first-order valence-electron chi connectivity index (χ1n) is 13.0. The van der Waals surface area contributed by atoms with Crippen LogP contribution in [0.4, 0.5) is 13.2 Å². The lowest BCUT2D eigenvalue weighted by atomic mass is 10.1. The van der Waals surface area contributed by atoms with Crippen LogP contribution in [0, 0.1) is 0 Å². The van der Waals surface area contributed by atoms with Crippen molar-refractivity contribution in [1.29, 1.82) is 0 Å². The molecule has 0 unspecified atom stereocenters. The number of guanidine groups is 1. The van der Waals surface area contributed by atoms with E-state index in [0.717, 1.165) is 23.3 Å². The standard InChI is InChI=1S/C26H31F3N8O2.C2H6/c1-6-20(26(27,28)29)12-11-17(3)38-16-22-21(15-33-37(22)5)24-34-23(35-39-24)19-10-8-9-18(13-19)14-32-25(31-7-2)36(4)30;1-2/h6,8-13,15H,1,7,14,16,30H2,2-5H3,(H,31,32);1-2H3/b17-11+,20-12+;. The normalized spacial score (nSPS) is 12.5. The predicted octanol–water partition coefficient (Wildman–Crippen LogP) is 5.53. The average Bonchev–Trinajstić information content (AvgIpc) is 3.57. The molecule has 2 aromatic heterocycles. The largest absolute Gasteiger partial charge is 0.492 e. The molecule has 1 aromatic carbocycles. The molecule has 3 N–H and O–H groups in total. The van der Waals surface area contributed by atoms with Crippen molar-refractivity contribution in [2.75, 3.05) is 13.6 Å². The van der Waals surface area contributed by atoms with Crippen LogP contribution in [0.2, 0.25) is 0 Å². The number of allylic oxidation sites excluding steroid dienone is 5. The van der Waals surface area contributed by atoms with Crippen LogP contribution in [0.1, 0.15) is 39.0 Å². The minimum Gasteiger partial charge on any atom is -0.492 e. The Balaban J connectivity index is 0.00000287. The maximum absolute atomic E-state index is 12.9. The number of aliphatic imine (C=N–C) groups is 1. The molecule has 41 heavy (non-hydrogen) atoms. The molecule has 0 fully saturated rings. The van der Waals surface area contributed by atoms with Gasteiger partial charge in [-0.2, -0.15) is 23.3 Å². The van der Waals surface area contributed by atoms with E-state index in [-0.39, 0.29) is 18.3 Å². The van der Waals surface area contributed by atoms with E-state index in [1.807, 2.05) is 45.0 Å². The van der Waals surface area contributed by atoms with E-state index in [1.54, 1.807) is 31.9 Å². The number of alkyl halides is 3. The molecule has 0 radical (unpaired) electrons. The SMILES string of the molecule is C=C/C(=C\C=C(/C)OCc1c(-c2nc(-c3cccc(CN=C(NCC)N(C)N)c3)no2)cnn1C)C(F)(F)F.CC. The predicted molar refractivity (Wildman–Crippen MR) is 153 cm³/mol. The Morgan fingerprint density at radius 2 is 2.02 bits per heavy atom. The minimum atomic E-state index is -4.49. The fourth-order valence-electron chi connectivity index (χ4n) is 3.40. The fraction of sp³-hybridized carbons (Fsp3) is 0.357. The van der Waals surface area contributed by atoms with Gasteiger partial charge in [-0.05, 0) is 37.6 Å². The van der Waals surface area contributed by atoms with Gasteiger partial charge < -0.3 is 14.6 Å². The van der Waals surface area contributed by atoms with Gasteiger partial charge >= 0.3 is 6.18 Å². The van der Waals surface area contributed by atoms with Crippen LogP contribution in [0.25, 0.3) is 22.8 Å². The second kappa shape index (κ2) is 15.4. The molecular weight excluding hydrogens is 537 g/mol. The maximum atomic E-state index is 12.9. The molecule has 0 spiro atoms. The van der Waals surface area contributed by atoms with E-state index < -0.39 is 11.7 Å². The number of halogens is 3. The van der Waals surface area contributed by atoms with Crippen LogP contribution in [-0.4, -0.2) is 50.7 Å². The summed E-state index contributed by atoms with van der Waals surface area (Å²) in [5.41, 5.74) is 1.94. The van der Waals surface area contributed by atoms with Gasteiger partial charge in [-0.3, -0.25) is 9.69 Å². The summed E-state index contributed by atoms with van der Waals surface area (Å²) >= 11 is 0. The van der Waals surface area contributed by atoms with E-state index in [9.17, 15) is 13.2 Å². The highest BCUT2D eigenvalue weighted by atomic mass is 19.4. The maximum Gasteiger partial charge on any atom is 0.416 e. The highest BCUT2D eigenvalue weighted by molar-refractivity contribution is 5.79. The zero-order valence-electron chi connectivity index (χ0n) is 24.2. The molecule has 10 nitrogen and oxygen atoms in total. The molecular formula is C28H37F3N8O2. The Bertz CT molecular complexity index is 1370. The minimum absolute atomic E-state index is 0.0202. The quantitative estimate of drug-likeness (QED) is 0.0810. The van der Waals surface area contributed by atoms with Crippen LogP contribution in [0.5, 0.6) is 0 Å². The molecule has 0 atom stereocenters. The number of aromatic nitrogens is 4. The van der Waals surface area contributed by atoms with Crippen LogP contribution < -0.4 is 11.2 Å². The number of nitrogens with one attached hydrogen (secondary N) is 1. The molecule has 3 rings (SSSR count). The topological polar surface area (TPSA) is 120 Å². The smallest absolute Gasteiger partial charge is 0.416 e. The summed E-state index contributed by atoms with van der Waals surface area (Å²) in [6.07, 6.45) is -0.0444. The monoisotopic (exact) mass is 574 g/mol. The molecule has 13 heteroatoms. The highest BCUT2D eigenvalue weighted by Gasteiger charge is 2.30. The van der Waals surface area contributed by atoms with Gasteiger partial charge in [0.05, 0.1) is 35.3 Å². The van der Waals surface area contributed by atoms with E-state index in [0.29, 0.717) is 36.1 Å². The lowest BCUT2D eigenvalue weighted by Crippen LogP contribution is -2.43. The summed E-state index contributed by atoms with van der Waals surface area (Å²) in [5, 5.41) is 12.9. The molecule has 0 saturated carbocycles. The zero-order chi connectivity index (χ0) is 30.6. The van der Waals surface area contributed by atoms with Gasteiger partial charge in [0, 0.05) is 26.2 Å². The van der Waals surface area contributed by atoms with Gasteiger partial charge in [0.15, 0.2) is 0 Å². The van der Waals surface area contributed by atoms with Crippen molar-refractivity contribution in [1.82, 2.24) is 30.2 Å². The van der Waals surface area contributed by atoms with Crippen LogP contribution in [0.15, 0.2) is 76.1 Å². The van der Waals surface area contributed by atoms with Gasteiger partial charge in [0.1, 0.15) is 6.61 Å². The van der Waals surface area contributed by atoms with Crippen LogP contribution in [0.3, 0.4) is 0 Å². The summed E-state index contributed by atoms with van der Waals surface area (Å²) in [6.45, 7) is 11.8. The third kappa shape index (κ3) is 9.34. The number of benzene rings is 1. The van der Waals surface area contributed by atoms with Crippen molar-refractivity contribution >= 4 is 5.96 Å². The Morgan fingerprint density at radius 3 is 2.66 bits per heavy atom. The number of aryl methyl sites for hydroxylation is 1. The molecule has 0 amide bonds. The lowest BCUT2D eigenvalue weighted by molar-refractivity contribution is -0.0881. The van der Waals surface area contributed by atoms with E-state index in [2.05, 4.69) is 32.1 Å². The number of rotatable bonds is 10. The van der Waals surface area contributed by atoms with Crippen molar-refractivity contribution in [3.8, 4) is 22.8 Å². The number of hydrogen-bond acceptors (Lipinski definition) is 7. The second-order valence-electron chi connectivity index (χ2n) is 8.42. The Morgan fingerprint density at radius 1 is 1.29 bits per heavy atom. The third-order valence-electron chi connectivity index (χ3n) is 5.46. The third-order valence-corrected chi connectivity index (χ3v) is 5.46. The van der Waals surface area contributed by atoms with Gasteiger partial charge in [-0.1, -0.05) is 49.9 Å². The van der Waals surface area contributed by atoms with E-state index in [1.165, 1.54) is 11.1 Å². The Hall–Kier alpha value is -4.39. The van der Waals surface area contributed by atoms with Crippen molar-refractivity contribution in [2.24, 2.45) is 17.9 Å². The molecule has 222 valence electrons. The Kier molecular flexibility index (Phi) is 12.3. The van der Waals surface area contributed by atoms with Gasteiger partial charge in [0.25, 0.3) is 5.89 Å². The second-order valence-corrected chi connectivity index (χ2v) is 8.42. The molecule has 0 aliphatic rings. The number of nitrogens with two attached hydrogens (primary N) is 1. The van der Waals surface area contributed by atoms with Crippen molar-refractivity contribution < 1.29 is 22.4 Å². The van der Waals surface area contributed by atoms with E-state index >= 15 is 0 Å². The highest BCUT2D eigenvalue weighted by Crippen LogP contribution is 2.28. The first kappa shape index (κ1) is 32.8. The van der Waals surface area contributed by atoms with Crippen LogP contribution in [-0.2, 0) is 24.9 Å². The van der Waals surface area contributed by atoms with Gasteiger partial charge in [0.2, 0.25) is 11.8 Å². The first-order chi connectivity index (χ1) is 19.5. The summed E-state index contributed by atoms with van der Waals surface area (Å²) in [4.78, 5) is 9.03. The zero-order valence-corrected chi connectivity index (χ0v) is 24.2. The molecule has 0 bridgehead atoms. The lowest BCUT2D eigenvalue weighted by Gasteiger charge is -2.15. The van der Waals surface area contributed by atoms with Gasteiger partial charge in [-0.25, -0.2) is 10.8 Å². The number of nitrogens with zero attached hydrogens (tertiary/aromatic N) is 6. The number of ether oxygens (including phenoxy) is 1. The van der Waals surface area contributed by atoms with E-state index in [4.69, 9.17) is 15.1 Å². The Labute approximate surface area is 238 Å². The summed E-state index contributed by atoms with van der Waals surface area (Å²) in [6, 6.07) is 7.57. The summed E-state index contributed by atoms with van der Waals surface area (Å²) < 4.78 is 51.4. The summed E-state index contributed by atoms with van der Waals surface area (Å²) in [7, 11) is 3.42. The average molecular weight is 575 g/mol. The molecule has 3 aromatic rings. The summed E-state index contributed by atoms with van der Waals surface area (Å²) in [5.74, 6) is 7.25. The number of hydrazine groups is 1. The molecule has 0 aliphatic heterocycles. The molecule has 0 saturated heterocycles. The first-order valence-corrected chi connectivity index (χ1v) is 13.0. The number of hydrogen-bond donors (Lipinski definition) is 2. The van der Waals surface area contributed by atoms with Crippen molar-refractivity contribution in [3.63, 3.8) is 0 Å². The van der Waals surface area contributed by atoms with Crippen LogP contribution >= 0.6 is 0 Å². The van der Waals surface area contributed by atoms with Crippen molar-refractivity contribution in [3.05, 3.63) is 77.9 Å².